The van der Waals surface area contributed by atoms with Crippen molar-refractivity contribution in [3.05, 3.63) is 0 Å². The minimum atomic E-state index is -3.23. The van der Waals surface area contributed by atoms with E-state index in [1.54, 1.807) is 0 Å². The van der Waals surface area contributed by atoms with Gasteiger partial charge in [0, 0.05) is 19.1 Å². The van der Waals surface area contributed by atoms with Gasteiger partial charge in [-0.15, -0.1) is 11.6 Å². The highest BCUT2D eigenvalue weighted by Crippen LogP contribution is 2.31. The third-order valence-electron chi connectivity index (χ3n) is 3.12. The normalized spacial score (nSPS) is 28.5. The lowest BCUT2D eigenvalue weighted by atomic mass is 10.1. The van der Waals surface area contributed by atoms with Crippen molar-refractivity contribution in [1.29, 1.82) is 0 Å². The average Bonchev–Trinajstić information content (AvgIpc) is 2.96. The van der Waals surface area contributed by atoms with Crippen LogP contribution in [0.5, 0.6) is 0 Å². The van der Waals surface area contributed by atoms with Gasteiger partial charge in [-0.05, 0) is 31.7 Å². The number of hydrogen-bond acceptors (Lipinski definition) is 3. The molecule has 2 aliphatic rings. The van der Waals surface area contributed by atoms with Crippen LogP contribution in [0, 0.1) is 5.92 Å². The second-order valence-corrected chi connectivity index (χ2v) is 6.84. The van der Waals surface area contributed by atoms with Gasteiger partial charge in [0.25, 0.3) is 0 Å². The maximum atomic E-state index is 11.1. The molecule has 15 heavy (non-hydrogen) atoms. The molecule has 1 heterocycles. The number of rotatable bonds is 5. The van der Waals surface area contributed by atoms with E-state index >= 15 is 0 Å². The van der Waals surface area contributed by atoms with Crippen molar-refractivity contribution >= 4 is 21.6 Å². The molecule has 4 nitrogen and oxygen atoms in total. The Labute approximate surface area is 96.0 Å². The third-order valence-corrected chi connectivity index (χ3v) is 4.87. The Bertz CT molecular complexity index is 316. The SMILES string of the molecule is O=S(=O)(CCl)NCC1CCN(C2CC2)C1. The molecule has 0 radical (unpaired) electrons. The van der Waals surface area contributed by atoms with Crippen molar-refractivity contribution < 1.29 is 8.42 Å². The van der Waals surface area contributed by atoms with Gasteiger partial charge in [0.15, 0.2) is 0 Å². The van der Waals surface area contributed by atoms with Crippen molar-refractivity contribution in [2.45, 2.75) is 25.3 Å². The molecule has 0 spiro atoms. The lowest BCUT2D eigenvalue weighted by Crippen LogP contribution is -2.32. The van der Waals surface area contributed by atoms with Gasteiger partial charge in [-0.3, -0.25) is 0 Å². The van der Waals surface area contributed by atoms with Crippen LogP contribution in [0.25, 0.3) is 0 Å². The molecule has 2 fully saturated rings. The molecule has 0 aromatic heterocycles. The number of nitrogens with one attached hydrogen (secondary N) is 1. The van der Waals surface area contributed by atoms with Crippen LogP contribution in [0.15, 0.2) is 0 Å². The van der Waals surface area contributed by atoms with Crippen LogP contribution >= 0.6 is 11.6 Å². The van der Waals surface area contributed by atoms with Gasteiger partial charge in [-0.2, -0.15) is 0 Å². The summed E-state index contributed by atoms with van der Waals surface area (Å²) in [6, 6.07) is 0.791. The first-order valence-electron chi connectivity index (χ1n) is 5.38. The molecule has 0 aromatic carbocycles. The Balaban J connectivity index is 1.72. The molecule has 1 N–H and O–H groups in total. The zero-order valence-electron chi connectivity index (χ0n) is 8.65. The number of alkyl halides is 1. The second kappa shape index (κ2) is 4.57. The van der Waals surface area contributed by atoms with Gasteiger partial charge in [-0.1, -0.05) is 0 Å². The summed E-state index contributed by atoms with van der Waals surface area (Å²) >= 11 is 5.31. The molecule has 1 unspecified atom stereocenters. The van der Waals surface area contributed by atoms with E-state index in [2.05, 4.69) is 9.62 Å². The molecule has 1 aliphatic heterocycles. The largest absolute Gasteiger partial charge is 0.300 e. The molecule has 2 rings (SSSR count). The quantitative estimate of drug-likeness (QED) is 0.729. The third kappa shape index (κ3) is 3.31. The summed E-state index contributed by atoms with van der Waals surface area (Å²) in [5, 5.41) is -0.341. The Hall–Kier alpha value is 0.160. The summed E-state index contributed by atoms with van der Waals surface area (Å²) in [7, 11) is -3.23. The van der Waals surface area contributed by atoms with Gasteiger partial charge in [0.1, 0.15) is 5.21 Å². The molecule has 6 heteroatoms. The van der Waals surface area contributed by atoms with Crippen molar-refractivity contribution in [2.24, 2.45) is 5.92 Å². The molecule has 0 amide bonds. The lowest BCUT2D eigenvalue weighted by molar-refractivity contribution is 0.314. The fraction of sp³-hybridized carbons (Fsp3) is 1.00. The molecule has 1 atom stereocenters. The molecule has 1 saturated carbocycles. The highest BCUT2D eigenvalue weighted by molar-refractivity contribution is 7.90. The van der Waals surface area contributed by atoms with Gasteiger partial charge in [0.2, 0.25) is 10.0 Å². The second-order valence-electron chi connectivity index (χ2n) is 4.45. The summed E-state index contributed by atoms with van der Waals surface area (Å²) in [6.07, 6.45) is 3.74. The summed E-state index contributed by atoms with van der Waals surface area (Å²) < 4.78 is 24.8. The van der Waals surface area contributed by atoms with Crippen molar-refractivity contribution in [3.8, 4) is 0 Å². The Kier molecular flexibility index (Phi) is 3.55. The molecule has 88 valence electrons. The van der Waals surface area contributed by atoms with E-state index in [4.69, 9.17) is 11.6 Å². The van der Waals surface area contributed by atoms with Crippen molar-refractivity contribution in [3.63, 3.8) is 0 Å². The van der Waals surface area contributed by atoms with E-state index in [0.29, 0.717) is 12.5 Å². The minimum Gasteiger partial charge on any atom is -0.300 e. The molecule has 0 aromatic rings. The standard InChI is InChI=1S/C9H17ClN2O2S/c10-7-15(13,14)11-5-8-3-4-12(6-8)9-1-2-9/h8-9,11H,1-7H2. The number of sulfonamides is 1. The molecular weight excluding hydrogens is 236 g/mol. The van der Waals surface area contributed by atoms with Crippen molar-refractivity contribution in [2.75, 3.05) is 24.8 Å². The number of nitrogens with zero attached hydrogens (tertiary/aromatic N) is 1. The van der Waals surface area contributed by atoms with E-state index in [9.17, 15) is 8.42 Å². The maximum absolute atomic E-state index is 11.1. The predicted molar refractivity (Wildman–Crippen MR) is 60.3 cm³/mol. The summed E-state index contributed by atoms with van der Waals surface area (Å²) in [4.78, 5) is 2.47. The summed E-state index contributed by atoms with van der Waals surface area (Å²) in [6.45, 7) is 2.70. The van der Waals surface area contributed by atoms with Crippen LogP contribution in [-0.2, 0) is 10.0 Å². The lowest BCUT2D eigenvalue weighted by Gasteiger charge is -2.14. The highest BCUT2D eigenvalue weighted by atomic mass is 35.5. The highest BCUT2D eigenvalue weighted by Gasteiger charge is 2.34. The maximum Gasteiger partial charge on any atom is 0.225 e. The van der Waals surface area contributed by atoms with E-state index in [1.807, 2.05) is 0 Å². The molecule has 1 aliphatic carbocycles. The fourth-order valence-corrected chi connectivity index (χ4v) is 2.88. The van der Waals surface area contributed by atoms with Crippen LogP contribution in [0.3, 0.4) is 0 Å². The number of halogens is 1. The molecular formula is C9H17ClN2O2S. The Morgan fingerprint density at radius 3 is 2.67 bits per heavy atom. The van der Waals surface area contributed by atoms with Gasteiger partial charge in [0.05, 0.1) is 0 Å². The number of likely N-dealkylation sites (tertiary alicyclic amines) is 1. The Morgan fingerprint density at radius 2 is 2.07 bits per heavy atom. The van der Waals surface area contributed by atoms with Crippen LogP contribution in [0.2, 0.25) is 0 Å². The first-order valence-corrected chi connectivity index (χ1v) is 7.57. The zero-order valence-corrected chi connectivity index (χ0v) is 10.2. The van der Waals surface area contributed by atoms with Gasteiger partial charge >= 0.3 is 0 Å². The topological polar surface area (TPSA) is 49.4 Å². The smallest absolute Gasteiger partial charge is 0.225 e. The Morgan fingerprint density at radius 1 is 1.33 bits per heavy atom. The van der Waals surface area contributed by atoms with Gasteiger partial charge in [-0.25, -0.2) is 13.1 Å². The summed E-state index contributed by atoms with van der Waals surface area (Å²) in [5.74, 6) is 0.462. The average molecular weight is 253 g/mol. The monoisotopic (exact) mass is 252 g/mol. The first-order chi connectivity index (χ1) is 7.11. The van der Waals surface area contributed by atoms with E-state index in [0.717, 1.165) is 25.6 Å². The van der Waals surface area contributed by atoms with Crippen LogP contribution in [0.4, 0.5) is 0 Å². The number of hydrogen-bond donors (Lipinski definition) is 1. The first kappa shape index (κ1) is 11.6. The van der Waals surface area contributed by atoms with E-state index < -0.39 is 10.0 Å². The van der Waals surface area contributed by atoms with Crippen LogP contribution in [0.1, 0.15) is 19.3 Å². The van der Waals surface area contributed by atoms with Crippen LogP contribution < -0.4 is 4.72 Å². The molecule has 0 bridgehead atoms. The zero-order chi connectivity index (χ0) is 10.9. The molecule has 1 saturated heterocycles. The predicted octanol–water partition coefficient (Wildman–Crippen LogP) is 0.586. The van der Waals surface area contributed by atoms with Crippen LogP contribution in [-0.4, -0.2) is 44.2 Å². The van der Waals surface area contributed by atoms with E-state index in [-0.39, 0.29) is 5.21 Å². The minimum absolute atomic E-state index is 0.341. The fourth-order valence-electron chi connectivity index (χ4n) is 2.08. The summed E-state index contributed by atoms with van der Waals surface area (Å²) in [5.41, 5.74) is 0. The van der Waals surface area contributed by atoms with E-state index in [1.165, 1.54) is 12.8 Å². The van der Waals surface area contributed by atoms with Gasteiger partial charge < -0.3 is 4.90 Å². The van der Waals surface area contributed by atoms with Crippen molar-refractivity contribution in [1.82, 2.24) is 9.62 Å².